The largest absolute Gasteiger partial charge is 0.369 e. The summed E-state index contributed by atoms with van der Waals surface area (Å²) in [6.07, 6.45) is 1.16. The van der Waals surface area contributed by atoms with E-state index >= 15 is 0 Å². The smallest absolute Gasteiger partial charge is 0.221 e. The molecule has 60 valence electrons. The predicted molar refractivity (Wildman–Crippen MR) is 40.9 cm³/mol. The molecule has 0 aromatic carbocycles. The number of carbonyl (C=O) groups excluding carboxylic acids is 1. The molecule has 0 aromatic heterocycles. The zero-order valence-electron chi connectivity index (χ0n) is 6.03. The summed E-state index contributed by atoms with van der Waals surface area (Å²) in [6, 6.07) is 0. The molecule has 4 aliphatic carbocycles. The third-order valence-corrected chi connectivity index (χ3v) is 4.43. The van der Waals surface area contributed by atoms with Crippen LogP contribution in [0.25, 0.3) is 0 Å². The SMILES string of the molecule is NC(=O)[C@H]1[C@@H]2C[C@H]3[C@@H]([C@@H]2Cl)[C@H]31. The van der Waals surface area contributed by atoms with Crippen molar-refractivity contribution in [2.75, 3.05) is 0 Å². The molecule has 0 saturated heterocycles. The number of halogens is 1. The first-order chi connectivity index (χ1) is 5.22. The number of carbonyl (C=O) groups is 1. The van der Waals surface area contributed by atoms with E-state index in [2.05, 4.69) is 0 Å². The summed E-state index contributed by atoms with van der Waals surface area (Å²) in [5.41, 5.74) is 5.30. The second kappa shape index (κ2) is 1.58. The molecule has 4 rings (SSSR count). The second-order valence-corrected chi connectivity index (χ2v) is 4.59. The van der Waals surface area contributed by atoms with Gasteiger partial charge in [-0.15, -0.1) is 11.6 Å². The third-order valence-electron chi connectivity index (χ3n) is 3.82. The van der Waals surface area contributed by atoms with E-state index in [9.17, 15) is 4.79 Å². The first-order valence-corrected chi connectivity index (χ1v) is 4.59. The van der Waals surface area contributed by atoms with Gasteiger partial charge in [-0.05, 0) is 30.1 Å². The van der Waals surface area contributed by atoms with E-state index in [4.69, 9.17) is 17.3 Å². The molecule has 3 heteroatoms. The molecule has 0 radical (unpaired) electrons. The minimum Gasteiger partial charge on any atom is -0.369 e. The fraction of sp³-hybridized carbons (Fsp3) is 0.875. The highest BCUT2D eigenvalue weighted by molar-refractivity contribution is 6.22. The molecule has 4 aliphatic rings. The van der Waals surface area contributed by atoms with Crippen LogP contribution in [0, 0.1) is 29.6 Å². The van der Waals surface area contributed by atoms with Gasteiger partial charge in [-0.1, -0.05) is 0 Å². The van der Waals surface area contributed by atoms with Gasteiger partial charge in [-0.25, -0.2) is 0 Å². The average molecular weight is 172 g/mol. The number of hydrogen-bond acceptors (Lipinski definition) is 1. The highest BCUT2D eigenvalue weighted by Crippen LogP contribution is 2.74. The van der Waals surface area contributed by atoms with Gasteiger partial charge < -0.3 is 5.73 Å². The lowest BCUT2D eigenvalue weighted by atomic mass is 9.98. The summed E-state index contributed by atoms with van der Waals surface area (Å²) in [6.45, 7) is 0. The van der Waals surface area contributed by atoms with Gasteiger partial charge in [0.2, 0.25) is 5.91 Å². The van der Waals surface area contributed by atoms with Gasteiger partial charge in [0.25, 0.3) is 0 Å². The number of primary amides is 1. The minimum absolute atomic E-state index is 0.117. The van der Waals surface area contributed by atoms with E-state index in [1.54, 1.807) is 0 Å². The van der Waals surface area contributed by atoms with Gasteiger partial charge in [0.15, 0.2) is 0 Å². The van der Waals surface area contributed by atoms with Crippen molar-refractivity contribution in [3.05, 3.63) is 0 Å². The molecule has 6 atom stereocenters. The van der Waals surface area contributed by atoms with Gasteiger partial charge >= 0.3 is 0 Å². The Morgan fingerprint density at radius 1 is 1.36 bits per heavy atom. The zero-order valence-corrected chi connectivity index (χ0v) is 6.79. The number of amides is 1. The molecule has 2 N–H and O–H groups in total. The van der Waals surface area contributed by atoms with E-state index in [0.29, 0.717) is 17.8 Å². The molecular formula is C8H10ClNO. The first kappa shape index (κ1) is 6.30. The number of rotatable bonds is 1. The van der Waals surface area contributed by atoms with Crippen molar-refractivity contribution in [1.82, 2.24) is 0 Å². The van der Waals surface area contributed by atoms with Crippen molar-refractivity contribution in [2.45, 2.75) is 11.8 Å². The molecule has 0 aliphatic heterocycles. The van der Waals surface area contributed by atoms with Gasteiger partial charge in [-0.2, -0.15) is 0 Å². The molecule has 0 unspecified atom stereocenters. The summed E-state index contributed by atoms with van der Waals surface area (Å²) in [4.78, 5) is 11.0. The van der Waals surface area contributed by atoms with Gasteiger partial charge in [0, 0.05) is 11.3 Å². The van der Waals surface area contributed by atoms with Crippen LogP contribution in [0.3, 0.4) is 0 Å². The van der Waals surface area contributed by atoms with E-state index in [1.807, 2.05) is 0 Å². The van der Waals surface area contributed by atoms with Crippen LogP contribution in [-0.4, -0.2) is 11.3 Å². The van der Waals surface area contributed by atoms with Crippen LogP contribution in [0.2, 0.25) is 0 Å². The highest BCUT2D eigenvalue weighted by atomic mass is 35.5. The van der Waals surface area contributed by atoms with Gasteiger partial charge in [-0.3, -0.25) is 4.79 Å². The van der Waals surface area contributed by atoms with Crippen LogP contribution in [0.5, 0.6) is 0 Å². The van der Waals surface area contributed by atoms with Crippen molar-refractivity contribution in [3.8, 4) is 0 Å². The Morgan fingerprint density at radius 2 is 2.09 bits per heavy atom. The molecule has 4 saturated carbocycles. The Balaban J connectivity index is 1.97. The Kier molecular flexibility index (Phi) is 0.905. The van der Waals surface area contributed by atoms with E-state index in [1.165, 1.54) is 0 Å². The van der Waals surface area contributed by atoms with Crippen molar-refractivity contribution in [1.29, 1.82) is 0 Å². The molecule has 4 fully saturated rings. The maximum atomic E-state index is 11.0. The lowest BCUT2D eigenvalue weighted by Gasteiger charge is -2.11. The maximum Gasteiger partial charge on any atom is 0.221 e. The van der Waals surface area contributed by atoms with Crippen LogP contribution < -0.4 is 5.73 Å². The summed E-state index contributed by atoms with van der Waals surface area (Å²) < 4.78 is 0. The monoisotopic (exact) mass is 171 g/mol. The quantitative estimate of drug-likeness (QED) is 0.577. The van der Waals surface area contributed by atoms with Gasteiger partial charge in [0.1, 0.15) is 0 Å². The topological polar surface area (TPSA) is 43.1 Å². The summed E-state index contributed by atoms with van der Waals surface area (Å²) in [7, 11) is 0. The first-order valence-electron chi connectivity index (χ1n) is 4.15. The number of alkyl halides is 1. The maximum absolute atomic E-state index is 11.0. The summed E-state index contributed by atoms with van der Waals surface area (Å²) in [5, 5.41) is 0.266. The molecular weight excluding hydrogens is 162 g/mol. The zero-order chi connectivity index (χ0) is 7.75. The minimum atomic E-state index is -0.117. The van der Waals surface area contributed by atoms with Crippen molar-refractivity contribution in [2.24, 2.45) is 35.3 Å². The van der Waals surface area contributed by atoms with Crippen molar-refractivity contribution < 1.29 is 4.79 Å². The molecule has 0 aromatic rings. The van der Waals surface area contributed by atoms with Crippen LogP contribution >= 0.6 is 11.6 Å². The third kappa shape index (κ3) is 0.516. The van der Waals surface area contributed by atoms with Crippen LogP contribution in [0.4, 0.5) is 0 Å². The van der Waals surface area contributed by atoms with Crippen molar-refractivity contribution >= 4 is 17.5 Å². The van der Waals surface area contributed by atoms with Crippen LogP contribution in [0.1, 0.15) is 6.42 Å². The number of nitrogens with two attached hydrogens (primary N) is 1. The molecule has 0 heterocycles. The number of hydrogen-bond donors (Lipinski definition) is 1. The summed E-state index contributed by atoms with van der Waals surface area (Å²) in [5.74, 6) is 2.44. The highest BCUT2D eigenvalue weighted by Gasteiger charge is 2.74. The molecule has 4 bridgehead atoms. The second-order valence-electron chi connectivity index (χ2n) is 4.09. The summed E-state index contributed by atoms with van der Waals surface area (Å²) >= 11 is 6.13. The normalized spacial score (nSPS) is 63.4. The van der Waals surface area contributed by atoms with E-state index in [0.717, 1.165) is 12.3 Å². The Morgan fingerprint density at radius 3 is 2.27 bits per heavy atom. The fourth-order valence-corrected chi connectivity index (χ4v) is 4.07. The molecule has 2 nitrogen and oxygen atoms in total. The standard InChI is InChI=1S/C8H10ClNO/c9-7-3-1-2-4(5(2)7)6(3)8(10)11/h2-7H,1H2,(H2,10,11)/t2-,3+,4+,5-,6+,7-/m1/s1. The Labute approximate surface area is 70.1 Å². The molecule has 1 amide bonds. The lowest BCUT2D eigenvalue weighted by Crippen LogP contribution is -2.27. The van der Waals surface area contributed by atoms with Crippen molar-refractivity contribution in [3.63, 3.8) is 0 Å². The van der Waals surface area contributed by atoms with E-state index in [-0.39, 0.29) is 17.2 Å². The van der Waals surface area contributed by atoms with Gasteiger partial charge in [0.05, 0.1) is 0 Å². The van der Waals surface area contributed by atoms with Crippen LogP contribution in [-0.2, 0) is 4.79 Å². The average Bonchev–Trinajstić information content (AvgIpc) is 2.33. The van der Waals surface area contributed by atoms with E-state index < -0.39 is 0 Å². The van der Waals surface area contributed by atoms with Crippen LogP contribution in [0.15, 0.2) is 0 Å². The molecule has 0 spiro atoms. The Bertz CT molecular complexity index is 242. The molecule has 11 heavy (non-hydrogen) atoms. The predicted octanol–water partition coefficient (Wildman–Crippen LogP) is 0.591. The lowest BCUT2D eigenvalue weighted by molar-refractivity contribution is -0.122. The fourth-order valence-electron chi connectivity index (χ4n) is 3.46. The Hall–Kier alpha value is -0.240.